The van der Waals surface area contributed by atoms with Crippen LogP contribution in [0.2, 0.25) is 0 Å². The van der Waals surface area contributed by atoms with Crippen LogP contribution >= 0.6 is 0 Å². The van der Waals surface area contributed by atoms with Gasteiger partial charge in [0.05, 0.1) is 0 Å². The third kappa shape index (κ3) is 2.93. The first-order chi connectivity index (χ1) is 11.3. The summed E-state index contributed by atoms with van der Waals surface area (Å²) in [6.45, 7) is 0. The Balaban J connectivity index is 1.65. The van der Waals surface area contributed by atoms with Gasteiger partial charge in [-0.1, -0.05) is 6.07 Å². The number of hydrogen-bond acceptors (Lipinski definition) is 8. The average molecular weight is 336 g/mol. The Morgan fingerprint density at radius 2 is 2.04 bits per heavy atom. The van der Waals surface area contributed by atoms with Gasteiger partial charge < -0.3 is 29.9 Å². The molecule has 1 heterocycles. The van der Waals surface area contributed by atoms with Crippen molar-refractivity contribution >= 4 is 18.0 Å². The molecule has 4 atom stereocenters. The molecule has 1 saturated carbocycles. The van der Waals surface area contributed by atoms with E-state index < -0.39 is 35.9 Å². The Morgan fingerprint density at radius 3 is 2.75 bits per heavy atom. The van der Waals surface area contributed by atoms with Crippen molar-refractivity contribution in [2.45, 2.75) is 36.8 Å². The number of benzene rings is 1. The van der Waals surface area contributed by atoms with Gasteiger partial charge in [0, 0.05) is 18.9 Å². The van der Waals surface area contributed by atoms with Crippen molar-refractivity contribution in [2.24, 2.45) is 0 Å². The highest BCUT2D eigenvalue weighted by Gasteiger charge is 2.58. The van der Waals surface area contributed by atoms with Crippen LogP contribution in [-0.4, -0.2) is 56.3 Å². The second-order valence-corrected chi connectivity index (χ2v) is 5.93. The van der Waals surface area contributed by atoms with Crippen molar-refractivity contribution in [3.05, 3.63) is 29.8 Å². The van der Waals surface area contributed by atoms with Crippen LogP contribution in [0, 0.1) is 0 Å². The molecule has 8 heteroatoms. The van der Waals surface area contributed by atoms with Gasteiger partial charge in [-0.2, -0.15) is 0 Å². The zero-order valence-corrected chi connectivity index (χ0v) is 12.5. The average Bonchev–Trinajstić information content (AvgIpc) is 2.78. The minimum absolute atomic E-state index is 0.0241. The molecule has 1 aromatic carbocycles. The number of carbonyl (C=O) groups is 2. The molecule has 0 spiro atoms. The van der Waals surface area contributed by atoms with Crippen molar-refractivity contribution in [2.75, 3.05) is 0 Å². The Bertz CT molecular complexity index is 712. The molecule has 128 valence electrons. The lowest BCUT2D eigenvalue weighted by molar-refractivity contribution is -0.162. The maximum absolute atomic E-state index is 11.9. The summed E-state index contributed by atoms with van der Waals surface area (Å²) in [5.74, 6) is -2.22. The van der Waals surface area contributed by atoms with Gasteiger partial charge in [0.2, 0.25) is 0 Å². The largest absolute Gasteiger partial charge is 0.504 e. The summed E-state index contributed by atoms with van der Waals surface area (Å²) in [6.07, 6.45) is -1.000. The highest BCUT2D eigenvalue weighted by Crippen LogP contribution is 2.39. The first kappa shape index (κ1) is 16.3. The first-order valence-electron chi connectivity index (χ1n) is 7.31. The molecule has 2 bridgehead atoms. The summed E-state index contributed by atoms with van der Waals surface area (Å²) in [5.41, 5.74) is -1.29. The zero-order valence-electron chi connectivity index (χ0n) is 12.5. The normalized spacial score (nSPS) is 31.9. The van der Waals surface area contributed by atoms with Gasteiger partial charge in [-0.05, 0) is 23.8 Å². The molecule has 2 aliphatic rings. The van der Waals surface area contributed by atoms with Crippen molar-refractivity contribution < 1.29 is 39.5 Å². The number of esters is 2. The Kier molecular flexibility index (Phi) is 3.94. The molecule has 1 aliphatic heterocycles. The number of aliphatic hydroxyl groups is 2. The van der Waals surface area contributed by atoms with Crippen LogP contribution in [0.1, 0.15) is 18.4 Å². The number of ether oxygens (including phenoxy) is 2. The van der Waals surface area contributed by atoms with E-state index in [1.54, 1.807) is 0 Å². The minimum Gasteiger partial charge on any atom is -0.504 e. The number of aromatic hydroxyl groups is 2. The van der Waals surface area contributed by atoms with E-state index in [1.807, 2.05) is 0 Å². The lowest BCUT2D eigenvalue weighted by Gasteiger charge is -2.32. The Labute approximate surface area is 136 Å². The lowest BCUT2D eigenvalue weighted by atomic mass is 9.82. The molecule has 2 fully saturated rings. The summed E-state index contributed by atoms with van der Waals surface area (Å²) in [6, 6.07) is 4.00. The number of hydrogen-bond donors (Lipinski definition) is 4. The van der Waals surface area contributed by atoms with Gasteiger partial charge in [-0.15, -0.1) is 0 Å². The lowest BCUT2D eigenvalue weighted by Crippen LogP contribution is -2.50. The number of phenols is 2. The van der Waals surface area contributed by atoms with Crippen LogP contribution in [0.25, 0.3) is 6.08 Å². The number of aliphatic hydroxyl groups excluding tert-OH is 1. The standard InChI is InChI=1S/C16H16O8/c17-9-3-1-8(5-10(9)18)2-4-13(19)23-11-6-16(22)7-12(14(11)20)24-15(16)21/h1-5,11-12,14,17-18,20,22H,6-7H2/b4-2+/t11-,12+,14+,16-/m1/s1. The molecule has 0 radical (unpaired) electrons. The van der Waals surface area contributed by atoms with Crippen LogP contribution in [0.5, 0.6) is 11.5 Å². The first-order valence-corrected chi connectivity index (χ1v) is 7.31. The second kappa shape index (κ2) is 5.81. The summed E-state index contributed by atoms with van der Waals surface area (Å²) in [4.78, 5) is 23.4. The quantitative estimate of drug-likeness (QED) is 0.340. The maximum Gasteiger partial charge on any atom is 0.338 e. The summed E-state index contributed by atoms with van der Waals surface area (Å²) < 4.78 is 9.96. The fourth-order valence-corrected chi connectivity index (χ4v) is 2.86. The van der Waals surface area contributed by atoms with E-state index >= 15 is 0 Å². The van der Waals surface area contributed by atoms with E-state index in [2.05, 4.69) is 0 Å². The van der Waals surface area contributed by atoms with E-state index in [-0.39, 0.29) is 24.3 Å². The predicted octanol–water partition coefficient (Wildman–Crippen LogP) is -0.166. The van der Waals surface area contributed by atoms with Gasteiger partial charge in [-0.3, -0.25) is 0 Å². The molecule has 1 saturated heterocycles. The van der Waals surface area contributed by atoms with Crippen LogP contribution in [0.15, 0.2) is 24.3 Å². The van der Waals surface area contributed by atoms with Crippen molar-refractivity contribution in [1.82, 2.24) is 0 Å². The van der Waals surface area contributed by atoms with Crippen molar-refractivity contribution in [3.8, 4) is 11.5 Å². The molecule has 24 heavy (non-hydrogen) atoms. The molecule has 0 amide bonds. The Hall–Kier alpha value is -2.58. The number of rotatable bonds is 3. The van der Waals surface area contributed by atoms with Gasteiger partial charge >= 0.3 is 11.9 Å². The fraction of sp³-hybridized carbons (Fsp3) is 0.375. The maximum atomic E-state index is 11.9. The topological polar surface area (TPSA) is 134 Å². The van der Waals surface area contributed by atoms with Gasteiger partial charge in [0.25, 0.3) is 0 Å². The molecular weight excluding hydrogens is 320 g/mol. The molecule has 1 aliphatic carbocycles. The summed E-state index contributed by atoms with van der Waals surface area (Å²) >= 11 is 0. The summed E-state index contributed by atoms with van der Waals surface area (Å²) in [7, 11) is 0. The van der Waals surface area contributed by atoms with Crippen molar-refractivity contribution in [3.63, 3.8) is 0 Å². The summed E-state index contributed by atoms with van der Waals surface area (Å²) in [5, 5.41) is 38.7. The van der Waals surface area contributed by atoms with Crippen LogP contribution in [0.4, 0.5) is 0 Å². The van der Waals surface area contributed by atoms with Gasteiger partial charge in [-0.25, -0.2) is 9.59 Å². The number of phenolic OH excluding ortho intramolecular Hbond substituents is 2. The third-order valence-corrected chi connectivity index (χ3v) is 4.16. The molecular formula is C16H16O8. The third-order valence-electron chi connectivity index (χ3n) is 4.16. The SMILES string of the molecule is O=C(/C=C/c1ccc(O)c(O)c1)O[C@@H]1C[C@@]2(O)C[C@H](OC2=O)[C@H]1O. The van der Waals surface area contributed by atoms with E-state index in [9.17, 15) is 30.0 Å². The Morgan fingerprint density at radius 1 is 1.29 bits per heavy atom. The predicted molar refractivity (Wildman–Crippen MR) is 78.8 cm³/mol. The number of carbonyl (C=O) groups excluding carboxylic acids is 2. The van der Waals surface area contributed by atoms with E-state index in [1.165, 1.54) is 24.3 Å². The van der Waals surface area contributed by atoms with E-state index in [0.29, 0.717) is 5.56 Å². The van der Waals surface area contributed by atoms with Gasteiger partial charge in [0.1, 0.15) is 18.3 Å². The van der Waals surface area contributed by atoms with E-state index in [4.69, 9.17) is 9.47 Å². The second-order valence-electron chi connectivity index (χ2n) is 5.93. The highest BCUT2D eigenvalue weighted by molar-refractivity contribution is 5.87. The molecule has 3 rings (SSSR count). The van der Waals surface area contributed by atoms with Crippen LogP contribution < -0.4 is 0 Å². The number of fused-ring (bicyclic) bond motifs is 2. The zero-order chi connectivity index (χ0) is 17.5. The van der Waals surface area contributed by atoms with E-state index in [0.717, 1.165) is 6.08 Å². The minimum atomic E-state index is -1.73. The molecule has 1 aromatic rings. The molecule has 8 nitrogen and oxygen atoms in total. The highest BCUT2D eigenvalue weighted by atomic mass is 16.6. The molecule has 4 N–H and O–H groups in total. The fourth-order valence-electron chi connectivity index (χ4n) is 2.86. The van der Waals surface area contributed by atoms with Crippen LogP contribution in [-0.2, 0) is 19.1 Å². The van der Waals surface area contributed by atoms with Crippen molar-refractivity contribution in [1.29, 1.82) is 0 Å². The van der Waals surface area contributed by atoms with Gasteiger partial charge in [0.15, 0.2) is 17.1 Å². The molecule has 0 unspecified atom stereocenters. The monoisotopic (exact) mass is 336 g/mol. The molecule has 0 aromatic heterocycles. The smallest absolute Gasteiger partial charge is 0.338 e. The van der Waals surface area contributed by atoms with Crippen LogP contribution in [0.3, 0.4) is 0 Å².